The molecule has 0 N–H and O–H groups in total. The van der Waals surface area contributed by atoms with E-state index in [1.165, 1.54) is 76.5 Å². The van der Waals surface area contributed by atoms with Crippen molar-refractivity contribution in [3.63, 3.8) is 0 Å². The fourth-order valence-corrected chi connectivity index (χ4v) is 8.16. The van der Waals surface area contributed by atoms with E-state index in [0.29, 0.717) is 0 Å². The van der Waals surface area contributed by atoms with E-state index in [4.69, 9.17) is 0 Å². The van der Waals surface area contributed by atoms with Gasteiger partial charge in [-0.25, -0.2) is 0 Å². The Kier molecular flexibility index (Phi) is 7.63. The molecule has 0 unspecified atom stereocenters. The molecule has 0 spiro atoms. The second-order valence-electron chi connectivity index (χ2n) is 14.4. The van der Waals surface area contributed by atoms with Crippen LogP contribution in [-0.4, -0.2) is 23.9 Å². The molecule has 54 heavy (non-hydrogen) atoms. The summed E-state index contributed by atoms with van der Waals surface area (Å²) in [5, 5.41) is 9.90. The van der Waals surface area contributed by atoms with Gasteiger partial charge in [0.15, 0.2) is 0 Å². The quantitative estimate of drug-likeness (QED) is 0.181. The summed E-state index contributed by atoms with van der Waals surface area (Å²) in [6.45, 7) is 0. The number of hydrogen-bond acceptors (Lipinski definition) is 2. The first-order valence-corrected chi connectivity index (χ1v) is 18.6. The topological polar surface area (TPSA) is 6.48 Å². The van der Waals surface area contributed by atoms with Crippen LogP contribution in [0, 0.1) is 0 Å². The van der Waals surface area contributed by atoms with E-state index in [9.17, 15) is 0 Å². The summed E-state index contributed by atoms with van der Waals surface area (Å²) in [6, 6.07) is 61.8. The summed E-state index contributed by atoms with van der Waals surface area (Å²) in [6.07, 6.45) is 9.49. The highest BCUT2D eigenvalue weighted by Gasteiger charge is 2.25. The Morgan fingerprint density at radius 1 is 0.259 bits per heavy atom. The van der Waals surface area contributed by atoms with Crippen molar-refractivity contribution >= 4 is 65.9 Å². The Hall–Kier alpha value is -6.90. The minimum Gasteiger partial charge on any atom is -0.344 e. The van der Waals surface area contributed by atoms with E-state index in [1.807, 2.05) is 0 Å². The number of fused-ring (bicyclic) bond motifs is 4. The van der Waals surface area contributed by atoms with Gasteiger partial charge in [0.2, 0.25) is 0 Å². The SMILES string of the molecule is CN1C(c2ccc3ccccc3c2)=CC(=C2C=C(c3ccc4ccccc4c3)N(C)C(c3ccc4ccccc4c3)=C2)C=C1c1ccc2ccccc2c1. The van der Waals surface area contributed by atoms with Crippen molar-refractivity contribution in [2.75, 3.05) is 14.1 Å². The molecule has 0 aromatic heterocycles. The van der Waals surface area contributed by atoms with Crippen LogP contribution >= 0.6 is 0 Å². The molecule has 8 aromatic carbocycles. The third-order valence-corrected chi connectivity index (χ3v) is 11.1. The van der Waals surface area contributed by atoms with E-state index in [1.54, 1.807) is 0 Å². The summed E-state index contributed by atoms with van der Waals surface area (Å²) in [5.41, 5.74) is 11.7. The Labute approximate surface area is 316 Å². The van der Waals surface area contributed by atoms with Gasteiger partial charge in [-0.2, -0.15) is 0 Å². The maximum absolute atomic E-state index is 2.37. The fraction of sp³-hybridized carbons (Fsp3) is 0.0385. The molecule has 0 fully saturated rings. The molecule has 0 atom stereocenters. The average molecular weight is 691 g/mol. The molecule has 2 heteroatoms. The van der Waals surface area contributed by atoms with Crippen molar-refractivity contribution in [2.24, 2.45) is 0 Å². The summed E-state index contributed by atoms with van der Waals surface area (Å²) in [7, 11) is 4.40. The lowest BCUT2D eigenvalue weighted by atomic mass is 9.90. The highest BCUT2D eigenvalue weighted by Crippen LogP contribution is 2.41. The molecule has 0 saturated heterocycles. The van der Waals surface area contributed by atoms with Crippen molar-refractivity contribution in [3.05, 3.63) is 228 Å². The lowest BCUT2D eigenvalue weighted by Gasteiger charge is -2.33. The molecule has 2 heterocycles. The zero-order valence-corrected chi connectivity index (χ0v) is 30.4. The maximum Gasteiger partial charge on any atom is 0.0488 e. The zero-order chi connectivity index (χ0) is 36.2. The maximum atomic E-state index is 2.37. The molecule has 2 nitrogen and oxygen atoms in total. The van der Waals surface area contributed by atoms with Gasteiger partial charge < -0.3 is 9.80 Å². The lowest BCUT2D eigenvalue weighted by Crippen LogP contribution is -2.21. The van der Waals surface area contributed by atoms with Gasteiger partial charge in [0, 0.05) is 36.9 Å². The van der Waals surface area contributed by atoms with Gasteiger partial charge in [0.05, 0.1) is 0 Å². The minimum atomic E-state index is 1.16. The predicted molar refractivity (Wildman–Crippen MR) is 230 cm³/mol. The van der Waals surface area contributed by atoms with Crippen LogP contribution in [0.15, 0.2) is 205 Å². The largest absolute Gasteiger partial charge is 0.344 e. The van der Waals surface area contributed by atoms with Crippen molar-refractivity contribution in [1.82, 2.24) is 9.80 Å². The molecule has 0 saturated carbocycles. The number of nitrogens with zero attached hydrogens (tertiary/aromatic N) is 2. The second-order valence-corrected chi connectivity index (χ2v) is 14.4. The molecular weight excluding hydrogens is 653 g/mol. The molecule has 2 aliphatic heterocycles. The Morgan fingerprint density at radius 3 is 0.722 bits per heavy atom. The molecular formula is C52H38N2. The lowest BCUT2D eigenvalue weighted by molar-refractivity contribution is 0.676. The highest BCUT2D eigenvalue weighted by molar-refractivity contribution is 5.95. The van der Waals surface area contributed by atoms with E-state index in [-0.39, 0.29) is 0 Å². The number of hydrogen-bond donors (Lipinski definition) is 0. The van der Waals surface area contributed by atoms with Crippen molar-refractivity contribution in [1.29, 1.82) is 0 Å². The number of benzene rings is 8. The molecule has 8 aromatic rings. The highest BCUT2D eigenvalue weighted by atomic mass is 15.1. The van der Waals surface area contributed by atoms with Crippen LogP contribution in [-0.2, 0) is 0 Å². The summed E-state index contributed by atoms with van der Waals surface area (Å²) in [5.74, 6) is 0. The van der Waals surface area contributed by atoms with Crippen LogP contribution in [0.4, 0.5) is 0 Å². The third kappa shape index (κ3) is 5.60. The van der Waals surface area contributed by atoms with E-state index in [0.717, 1.165) is 22.8 Å². The molecule has 0 bridgehead atoms. The van der Waals surface area contributed by atoms with Gasteiger partial charge >= 0.3 is 0 Å². The van der Waals surface area contributed by atoms with Crippen LogP contribution in [0.25, 0.3) is 65.9 Å². The van der Waals surface area contributed by atoms with Gasteiger partial charge in [-0.15, -0.1) is 0 Å². The first-order chi connectivity index (χ1) is 26.6. The standard InChI is InChI=1S/C52H38N2/c1-53-49(43-23-19-35-11-3-7-15-39(35)27-43)31-47(32-50(53)44-24-20-36-12-4-8-16-40(36)28-44)48-33-51(45-25-21-37-13-5-9-17-41(37)29-45)54(2)52(34-48)46-26-22-38-14-6-10-18-42(38)30-46/h3-34H,1-2H3. The van der Waals surface area contributed by atoms with Gasteiger partial charge in [-0.1, -0.05) is 146 Å². The molecule has 0 radical (unpaired) electrons. The number of rotatable bonds is 4. The van der Waals surface area contributed by atoms with E-state index in [2.05, 4.69) is 218 Å². The van der Waals surface area contributed by atoms with Crippen LogP contribution in [0.2, 0.25) is 0 Å². The minimum absolute atomic E-state index is 1.16. The van der Waals surface area contributed by atoms with Crippen LogP contribution < -0.4 is 0 Å². The average Bonchev–Trinajstić information content (AvgIpc) is 3.23. The molecule has 2 aliphatic rings. The van der Waals surface area contributed by atoms with Crippen molar-refractivity contribution < 1.29 is 0 Å². The zero-order valence-electron chi connectivity index (χ0n) is 30.4. The Bertz CT molecular complexity index is 2570. The molecule has 10 rings (SSSR count). The monoisotopic (exact) mass is 690 g/mol. The number of allylic oxidation sites excluding steroid dienone is 6. The van der Waals surface area contributed by atoms with E-state index >= 15 is 0 Å². The van der Waals surface area contributed by atoms with Gasteiger partial charge in [-0.3, -0.25) is 0 Å². The van der Waals surface area contributed by atoms with Crippen LogP contribution in [0.1, 0.15) is 22.3 Å². The van der Waals surface area contributed by atoms with Gasteiger partial charge in [-0.05, 0) is 125 Å². The van der Waals surface area contributed by atoms with Crippen LogP contribution in [0.3, 0.4) is 0 Å². The Balaban J connectivity index is 1.22. The first-order valence-electron chi connectivity index (χ1n) is 18.6. The van der Waals surface area contributed by atoms with Gasteiger partial charge in [0.1, 0.15) is 0 Å². The molecule has 256 valence electrons. The Morgan fingerprint density at radius 2 is 0.481 bits per heavy atom. The summed E-state index contributed by atoms with van der Waals surface area (Å²) < 4.78 is 0. The van der Waals surface area contributed by atoms with Crippen LogP contribution in [0.5, 0.6) is 0 Å². The molecule has 0 aliphatic carbocycles. The third-order valence-electron chi connectivity index (χ3n) is 11.1. The summed E-state index contributed by atoms with van der Waals surface area (Å²) in [4.78, 5) is 4.71. The smallest absolute Gasteiger partial charge is 0.0488 e. The van der Waals surface area contributed by atoms with Gasteiger partial charge in [0.25, 0.3) is 0 Å². The first kappa shape index (κ1) is 31.8. The second kappa shape index (κ2) is 12.9. The predicted octanol–water partition coefficient (Wildman–Crippen LogP) is 13.0. The fourth-order valence-electron chi connectivity index (χ4n) is 8.16. The molecule has 0 amide bonds. The van der Waals surface area contributed by atoms with Crippen molar-refractivity contribution in [3.8, 4) is 0 Å². The van der Waals surface area contributed by atoms with E-state index < -0.39 is 0 Å². The summed E-state index contributed by atoms with van der Waals surface area (Å²) >= 11 is 0. The van der Waals surface area contributed by atoms with Crippen molar-refractivity contribution in [2.45, 2.75) is 0 Å². The normalized spacial score (nSPS) is 14.8.